The van der Waals surface area contributed by atoms with Crippen LogP contribution in [-0.4, -0.2) is 47.6 Å². The van der Waals surface area contributed by atoms with Gasteiger partial charge in [0.1, 0.15) is 6.54 Å². The van der Waals surface area contributed by atoms with Crippen molar-refractivity contribution in [3.8, 4) is 0 Å². The Balaban J connectivity index is 2.61. The van der Waals surface area contributed by atoms with E-state index in [-0.39, 0.29) is 24.4 Å². The number of hydrogen-bond acceptors (Lipinski definition) is 3. The van der Waals surface area contributed by atoms with Gasteiger partial charge in [0.15, 0.2) is 0 Å². The van der Waals surface area contributed by atoms with Crippen molar-refractivity contribution in [2.45, 2.75) is 32.7 Å². The summed E-state index contributed by atoms with van der Waals surface area (Å²) in [5.41, 5.74) is 0. The van der Waals surface area contributed by atoms with Gasteiger partial charge >= 0.3 is 5.97 Å². The lowest BCUT2D eigenvalue weighted by Crippen LogP contribution is -2.46. The molecule has 5 nitrogen and oxygen atoms in total. The molecule has 5 heteroatoms. The molecule has 0 unspecified atom stereocenters. The first kappa shape index (κ1) is 13.0. The van der Waals surface area contributed by atoms with Gasteiger partial charge in [0.05, 0.1) is 0 Å². The SMILES string of the molecule is CC(C)N(CC(=O)O)C(=O)C1CCNCC1. The normalized spacial score (nSPS) is 17.4. The Morgan fingerprint density at radius 1 is 1.38 bits per heavy atom. The largest absolute Gasteiger partial charge is 0.480 e. The first-order valence-corrected chi connectivity index (χ1v) is 5.75. The zero-order valence-corrected chi connectivity index (χ0v) is 9.90. The Kier molecular flexibility index (Phi) is 4.73. The van der Waals surface area contributed by atoms with E-state index in [0.717, 1.165) is 25.9 Å². The standard InChI is InChI=1S/C11H20N2O3/c1-8(2)13(7-10(14)15)11(16)9-3-5-12-6-4-9/h8-9,12H,3-7H2,1-2H3,(H,14,15). The van der Waals surface area contributed by atoms with Crippen LogP contribution in [0.2, 0.25) is 0 Å². The summed E-state index contributed by atoms with van der Waals surface area (Å²) >= 11 is 0. The van der Waals surface area contributed by atoms with Crippen LogP contribution < -0.4 is 5.32 Å². The second-order valence-electron chi connectivity index (χ2n) is 4.48. The Labute approximate surface area is 95.8 Å². The molecule has 1 aliphatic rings. The molecule has 0 aromatic heterocycles. The van der Waals surface area contributed by atoms with Crippen LogP contribution in [0.5, 0.6) is 0 Å². The quantitative estimate of drug-likeness (QED) is 0.726. The number of amides is 1. The molecule has 1 saturated heterocycles. The fourth-order valence-electron chi connectivity index (χ4n) is 1.96. The molecule has 0 radical (unpaired) electrons. The van der Waals surface area contributed by atoms with E-state index in [0.29, 0.717) is 0 Å². The van der Waals surface area contributed by atoms with E-state index in [1.165, 1.54) is 4.90 Å². The van der Waals surface area contributed by atoms with E-state index < -0.39 is 5.97 Å². The highest BCUT2D eigenvalue weighted by atomic mass is 16.4. The van der Waals surface area contributed by atoms with Gasteiger partial charge in [-0.25, -0.2) is 0 Å². The fraction of sp³-hybridized carbons (Fsp3) is 0.818. The maximum absolute atomic E-state index is 12.1. The average Bonchev–Trinajstić information content (AvgIpc) is 2.25. The van der Waals surface area contributed by atoms with Gasteiger partial charge in [-0.3, -0.25) is 9.59 Å². The minimum absolute atomic E-state index is 0.0111. The number of rotatable bonds is 4. The third kappa shape index (κ3) is 3.48. The van der Waals surface area contributed by atoms with E-state index in [1.807, 2.05) is 13.8 Å². The molecule has 0 aromatic carbocycles. The van der Waals surface area contributed by atoms with E-state index in [1.54, 1.807) is 0 Å². The molecule has 1 fully saturated rings. The Morgan fingerprint density at radius 3 is 2.38 bits per heavy atom. The molecule has 0 aliphatic carbocycles. The van der Waals surface area contributed by atoms with E-state index in [4.69, 9.17) is 5.11 Å². The molecular weight excluding hydrogens is 208 g/mol. The van der Waals surface area contributed by atoms with Gasteiger partial charge in [0, 0.05) is 12.0 Å². The number of hydrogen-bond donors (Lipinski definition) is 2. The fourth-order valence-corrected chi connectivity index (χ4v) is 1.96. The van der Waals surface area contributed by atoms with Crippen molar-refractivity contribution in [3.05, 3.63) is 0 Å². The van der Waals surface area contributed by atoms with Crippen LogP contribution in [0.1, 0.15) is 26.7 Å². The maximum Gasteiger partial charge on any atom is 0.323 e. The molecule has 0 spiro atoms. The van der Waals surface area contributed by atoms with E-state index in [2.05, 4.69) is 5.32 Å². The van der Waals surface area contributed by atoms with Crippen LogP contribution in [0, 0.1) is 5.92 Å². The summed E-state index contributed by atoms with van der Waals surface area (Å²) in [4.78, 5) is 24.3. The number of carboxylic acids is 1. The first-order valence-electron chi connectivity index (χ1n) is 5.75. The zero-order chi connectivity index (χ0) is 12.1. The molecule has 0 saturated carbocycles. The average molecular weight is 228 g/mol. The topological polar surface area (TPSA) is 69.6 Å². The molecule has 2 N–H and O–H groups in total. The zero-order valence-electron chi connectivity index (χ0n) is 9.90. The number of nitrogens with zero attached hydrogens (tertiary/aromatic N) is 1. The van der Waals surface area contributed by atoms with Crippen LogP contribution >= 0.6 is 0 Å². The van der Waals surface area contributed by atoms with Crippen LogP contribution in [-0.2, 0) is 9.59 Å². The van der Waals surface area contributed by atoms with Gasteiger partial charge in [-0.05, 0) is 39.8 Å². The Hall–Kier alpha value is -1.10. The summed E-state index contributed by atoms with van der Waals surface area (Å²) in [6.07, 6.45) is 1.61. The highest BCUT2D eigenvalue weighted by Gasteiger charge is 2.28. The summed E-state index contributed by atoms with van der Waals surface area (Å²) in [6.45, 7) is 5.19. The summed E-state index contributed by atoms with van der Waals surface area (Å²) in [5.74, 6) is -0.974. The third-order valence-corrected chi connectivity index (χ3v) is 2.90. The number of carbonyl (C=O) groups is 2. The highest BCUT2D eigenvalue weighted by molar-refractivity contribution is 5.83. The lowest BCUT2D eigenvalue weighted by molar-refractivity contribution is -0.148. The molecule has 0 aromatic rings. The van der Waals surface area contributed by atoms with Gasteiger partial charge in [-0.15, -0.1) is 0 Å². The summed E-state index contributed by atoms with van der Waals surface area (Å²) in [6, 6.07) is -0.0570. The van der Waals surface area contributed by atoms with Gasteiger partial charge in [-0.1, -0.05) is 0 Å². The minimum atomic E-state index is -0.948. The first-order chi connectivity index (χ1) is 7.52. The molecule has 1 aliphatic heterocycles. The molecule has 16 heavy (non-hydrogen) atoms. The van der Waals surface area contributed by atoms with Crippen molar-refractivity contribution in [2.24, 2.45) is 5.92 Å². The number of carboxylic acid groups (broad SMARTS) is 1. The van der Waals surface area contributed by atoms with Crippen molar-refractivity contribution in [1.82, 2.24) is 10.2 Å². The molecule has 1 heterocycles. The number of carbonyl (C=O) groups excluding carboxylic acids is 1. The maximum atomic E-state index is 12.1. The Bertz CT molecular complexity index is 260. The molecule has 0 atom stereocenters. The second kappa shape index (κ2) is 5.84. The van der Waals surface area contributed by atoms with Crippen LogP contribution in [0.25, 0.3) is 0 Å². The van der Waals surface area contributed by atoms with Crippen LogP contribution in [0.15, 0.2) is 0 Å². The van der Waals surface area contributed by atoms with Gasteiger partial charge in [0.2, 0.25) is 5.91 Å². The second-order valence-corrected chi connectivity index (χ2v) is 4.48. The molecule has 1 rings (SSSR count). The third-order valence-electron chi connectivity index (χ3n) is 2.90. The van der Waals surface area contributed by atoms with Crippen molar-refractivity contribution in [1.29, 1.82) is 0 Å². The predicted octanol–water partition coefficient (Wildman–Crippen LogP) is 0.308. The van der Waals surface area contributed by atoms with Crippen LogP contribution in [0.3, 0.4) is 0 Å². The monoisotopic (exact) mass is 228 g/mol. The summed E-state index contributed by atoms with van der Waals surface area (Å²) < 4.78 is 0. The predicted molar refractivity (Wildman–Crippen MR) is 60.1 cm³/mol. The number of nitrogens with one attached hydrogen (secondary N) is 1. The summed E-state index contributed by atoms with van der Waals surface area (Å²) in [5, 5.41) is 12.0. The van der Waals surface area contributed by atoms with Crippen molar-refractivity contribution in [2.75, 3.05) is 19.6 Å². The van der Waals surface area contributed by atoms with Gasteiger partial charge in [-0.2, -0.15) is 0 Å². The van der Waals surface area contributed by atoms with Crippen molar-refractivity contribution < 1.29 is 14.7 Å². The van der Waals surface area contributed by atoms with Gasteiger partial charge in [0.25, 0.3) is 0 Å². The smallest absolute Gasteiger partial charge is 0.323 e. The number of piperidine rings is 1. The summed E-state index contributed by atoms with van der Waals surface area (Å²) in [7, 11) is 0. The molecule has 0 bridgehead atoms. The lowest BCUT2D eigenvalue weighted by atomic mass is 9.96. The number of aliphatic carboxylic acids is 1. The van der Waals surface area contributed by atoms with Gasteiger partial charge < -0.3 is 15.3 Å². The van der Waals surface area contributed by atoms with Crippen molar-refractivity contribution in [3.63, 3.8) is 0 Å². The van der Waals surface area contributed by atoms with E-state index in [9.17, 15) is 9.59 Å². The minimum Gasteiger partial charge on any atom is -0.480 e. The van der Waals surface area contributed by atoms with Crippen molar-refractivity contribution >= 4 is 11.9 Å². The molecule has 92 valence electrons. The highest BCUT2D eigenvalue weighted by Crippen LogP contribution is 2.16. The molecular formula is C11H20N2O3. The van der Waals surface area contributed by atoms with Crippen LogP contribution in [0.4, 0.5) is 0 Å². The Morgan fingerprint density at radius 2 is 1.94 bits per heavy atom. The van der Waals surface area contributed by atoms with E-state index >= 15 is 0 Å². The molecule has 1 amide bonds. The lowest BCUT2D eigenvalue weighted by Gasteiger charge is -2.31.